The van der Waals surface area contributed by atoms with Crippen molar-refractivity contribution in [3.8, 4) is 11.1 Å². The van der Waals surface area contributed by atoms with Gasteiger partial charge in [0.2, 0.25) is 0 Å². The maximum atomic E-state index is 10.5. The summed E-state index contributed by atoms with van der Waals surface area (Å²) in [5.41, 5.74) is 2.97. The number of carbonyl (C=O) groups is 1. The SMILES string of the molecule is O=Cc1cc2cccccc-2c1. The van der Waals surface area contributed by atoms with Crippen molar-refractivity contribution < 1.29 is 4.79 Å². The molecule has 1 heteroatoms. The third-order valence-electron chi connectivity index (χ3n) is 1.89. The summed E-state index contributed by atoms with van der Waals surface area (Å²) in [6, 6.07) is 13.7. The Balaban J connectivity index is 2.68. The Bertz CT molecular complexity index is 348. The highest BCUT2D eigenvalue weighted by molar-refractivity contribution is 5.83. The maximum absolute atomic E-state index is 10.5. The third kappa shape index (κ3) is 1.10. The first kappa shape index (κ1) is 7.04. The van der Waals surface area contributed by atoms with E-state index in [-0.39, 0.29) is 0 Å². The molecule has 0 fully saturated rings. The summed E-state index contributed by atoms with van der Waals surface area (Å²) < 4.78 is 0. The van der Waals surface area contributed by atoms with Crippen LogP contribution < -0.4 is 0 Å². The van der Waals surface area contributed by atoms with Crippen molar-refractivity contribution in [3.63, 3.8) is 0 Å². The summed E-state index contributed by atoms with van der Waals surface area (Å²) >= 11 is 0. The zero-order chi connectivity index (χ0) is 8.39. The topological polar surface area (TPSA) is 17.1 Å². The average molecular weight is 156 g/mol. The Hall–Kier alpha value is -1.63. The average Bonchev–Trinajstić information content (AvgIpc) is 2.37. The highest BCUT2D eigenvalue weighted by Crippen LogP contribution is 2.23. The van der Waals surface area contributed by atoms with E-state index in [1.807, 2.05) is 42.5 Å². The van der Waals surface area contributed by atoms with E-state index in [1.54, 1.807) is 0 Å². The minimum absolute atomic E-state index is 0.746. The van der Waals surface area contributed by atoms with Crippen LogP contribution in [-0.4, -0.2) is 6.29 Å². The first-order chi connectivity index (χ1) is 5.90. The molecule has 0 aromatic rings. The van der Waals surface area contributed by atoms with Crippen LogP contribution in [-0.2, 0) is 0 Å². The molecule has 0 aromatic heterocycles. The lowest BCUT2D eigenvalue weighted by Gasteiger charge is -1.85. The molecule has 0 atom stereocenters. The first-order valence-electron chi connectivity index (χ1n) is 3.84. The predicted octanol–water partition coefficient (Wildman–Crippen LogP) is 2.60. The van der Waals surface area contributed by atoms with Gasteiger partial charge < -0.3 is 0 Å². The van der Waals surface area contributed by atoms with E-state index in [0.717, 1.165) is 23.0 Å². The Morgan fingerprint density at radius 3 is 2.00 bits per heavy atom. The summed E-state index contributed by atoms with van der Waals surface area (Å²) in [5.74, 6) is 0. The molecule has 0 heterocycles. The van der Waals surface area contributed by atoms with E-state index < -0.39 is 0 Å². The monoisotopic (exact) mass is 156 g/mol. The highest BCUT2D eigenvalue weighted by Gasteiger charge is 2.02. The summed E-state index contributed by atoms with van der Waals surface area (Å²) in [6.45, 7) is 0. The molecule has 0 unspecified atom stereocenters. The van der Waals surface area contributed by atoms with E-state index in [1.165, 1.54) is 0 Å². The van der Waals surface area contributed by atoms with Crippen molar-refractivity contribution in [2.75, 3.05) is 0 Å². The van der Waals surface area contributed by atoms with Crippen molar-refractivity contribution in [1.82, 2.24) is 0 Å². The molecule has 2 rings (SSSR count). The van der Waals surface area contributed by atoms with E-state index in [0.29, 0.717) is 0 Å². The number of hydrogen-bond donors (Lipinski definition) is 0. The lowest BCUT2D eigenvalue weighted by Crippen LogP contribution is -1.65. The molecular weight excluding hydrogens is 148 g/mol. The third-order valence-corrected chi connectivity index (χ3v) is 1.89. The fourth-order valence-corrected chi connectivity index (χ4v) is 1.31. The maximum Gasteiger partial charge on any atom is 0.150 e. The molecule has 58 valence electrons. The van der Waals surface area contributed by atoms with Crippen molar-refractivity contribution in [3.05, 3.63) is 48.0 Å². The number of rotatable bonds is 1. The fraction of sp³-hybridized carbons (Fsp3) is 0. The summed E-state index contributed by atoms with van der Waals surface area (Å²) in [5, 5.41) is 0. The van der Waals surface area contributed by atoms with Crippen molar-refractivity contribution in [2.45, 2.75) is 0 Å². The van der Waals surface area contributed by atoms with Crippen LogP contribution in [0.3, 0.4) is 0 Å². The van der Waals surface area contributed by atoms with Crippen LogP contribution in [0.4, 0.5) is 0 Å². The standard InChI is InChI=1S/C11H8O/c12-8-9-6-10-4-2-1-3-5-11(10)7-9/h1-8H. The molecule has 12 heavy (non-hydrogen) atoms. The van der Waals surface area contributed by atoms with Crippen LogP contribution in [0.1, 0.15) is 10.4 Å². The molecule has 0 aliphatic heterocycles. The second-order valence-electron chi connectivity index (χ2n) is 2.73. The second kappa shape index (κ2) is 2.78. The van der Waals surface area contributed by atoms with E-state index >= 15 is 0 Å². The van der Waals surface area contributed by atoms with Crippen molar-refractivity contribution in [1.29, 1.82) is 0 Å². The van der Waals surface area contributed by atoms with E-state index in [2.05, 4.69) is 0 Å². The summed E-state index contributed by atoms with van der Waals surface area (Å²) in [4.78, 5) is 10.5. The zero-order valence-electron chi connectivity index (χ0n) is 6.53. The molecular formula is C11H8O. The number of aldehydes is 1. The normalized spacial score (nSPS) is 10.0. The summed E-state index contributed by atoms with van der Waals surface area (Å²) in [7, 11) is 0. The van der Waals surface area contributed by atoms with Crippen LogP contribution in [0.15, 0.2) is 42.5 Å². The molecule has 0 radical (unpaired) electrons. The van der Waals surface area contributed by atoms with Crippen LogP contribution in [0.25, 0.3) is 11.1 Å². The molecule has 1 nitrogen and oxygen atoms in total. The van der Waals surface area contributed by atoms with E-state index in [9.17, 15) is 4.79 Å². The van der Waals surface area contributed by atoms with Crippen molar-refractivity contribution in [2.24, 2.45) is 0 Å². The minimum Gasteiger partial charge on any atom is -0.298 e. The molecule has 0 N–H and O–H groups in total. The van der Waals surface area contributed by atoms with Gasteiger partial charge in [-0.2, -0.15) is 0 Å². The van der Waals surface area contributed by atoms with Gasteiger partial charge in [0, 0.05) is 5.56 Å². The highest BCUT2D eigenvalue weighted by atomic mass is 16.1. The van der Waals surface area contributed by atoms with Gasteiger partial charge in [0.15, 0.2) is 0 Å². The van der Waals surface area contributed by atoms with Crippen LogP contribution in [0, 0.1) is 0 Å². The Morgan fingerprint density at radius 2 is 1.50 bits per heavy atom. The van der Waals surface area contributed by atoms with Gasteiger partial charge >= 0.3 is 0 Å². The van der Waals surface area contributed by atoms with Gasteiger partial charge in [-0.15, -0.1) is 0 Å². The smallest absolute Gasteiger partial charge is 0.150 e. The number of fused-ring (bicyclic) bond motifs is 1. The van der Waals surface area contributed by atoms with Gasteiger partial charge in [-0.25, -0.2) is 0 Å². The van der Waals surface area contributed by atoms with Crippen LogP contribution in [0.2, 0.25) is 0 Å². The molecule has 2 aliphatic carbocycles. The fourth-order valence-electron chi connectivity index (χ4n) is 1.31. The van der Waals surface area contributed by atoms with E-state index in [4.69, 9.17) is 0 Å². The zero-order valence-corrected chi connectivity index (χ0v) is 6.53. The Morgan fingerprint density at radius 1 is 0.917 bits per heavy atom. The Kier molecular flexibility index (Phi) is 1.63. The van der Waals surface area contributed by atoms with Gasteiger partial charge in [0.25, 0.3) is 0 Å². The molecule has 0 saturated carbocycles. The Labute approximate surface area is 71.0 Å². The van der Waals surface area contributed by atoms with Gasteiger partial charge in [-0.3, -0.25) is 4.79 Å². The lowest BCUT2D eigenvalue weighted by molar-refractivity contribution is 0.112. The van der Waals surface area contributed by atoms with Crippen LogP contribution >= 0.6 is 0 Å². The van der Waals surface area contributed by atoms with Crippen molar-refractivity contribution >= 4 is 6.29 Å². The molecule has 0 spiro atoms. The largest absolute Gasteiger partial charge is 0.298 e. The molecule has 2 aliphatic rings. The number of hydrogen-bond acceptors (Lipinski definition) is 1. The molecule has 0 aromatic carbocycles. The van der Waals surface area contributed by atoms with Gasteiger partial charge in [-0.05, 0) is 23.3 Å². The van der Waals surface area contributed by atoms with Gasteiger partial charge in [-0.1, -0.05) is 30.3 Å². The molecule has 0 saturated heterocycles. The minimum atomic E-state index is 0.746. The second-order valence-corrected chi connectivity index (χ2v) is 2.73. The quantitative estimate of drug-likeness (QED) is 0.580. The first-order valence-corrected chi connectivity index (χ1v) is 3.84. The summed E-state index contributed by atoms with van der Waals surface area (Å²) in [6.07, 6.45) is 0.875. The molecule has 0 amide bonds. The predicted molar refractivity (Wildman–Crippen MR) is 48.5 cm³/mol. The van der Waals surface area contributed by atoms with Gasteiger partial charge in [0.05, 0.1) is 0 Å². The lowest BCUT2D eigenvalue weighted by atomic mass is 10.2. The van der Waals surface area contributed by atoms with Crippen LogP contribution in [0.5, 0.6) is 0 Å². The number of carbonyl (C=O) groups excluding carboxylic acids is 1. The van der Waals surface area contributed by atoms with Gasteiger partial charge in [0.1, 0.15) is 6.29 Å². The molecule has 0 bridgehead atoms.